The molecule has 0 spiro atoms. The van der Waals surface area contributed by atoms with Crippen molar-refractivity contribution >= 4 is 30.7 Å². The molecule has 2 saturated heterocycles. The summed E-state index contributed by atoms with van der Waals surface area (Å²) in [6, 6.07) is 0.915. The molecule has 0 aromatic heterocycles. The highest BCUT2D eigenvalue weighted by atomic mass is 35.5. The van der Waals surface area contributed by atoms with Gasteiger partial charge in [0.1, 0.15) is 0 Å². The number of nitrogens with one attached hydrogen (secondary N) is 1. The zero-order valence-corrected chi connectivity index (χ0v) is 14.9. The molecule has 0 saturated carbocycles. The number of carbonyl (C=O) groups is 1. The molecule has 2 fully saturated rings. The Morgan fingerprint density at radius 1 is 1.19 bits per heavy atom. The minimum absolute atomic E-state index is 0. The summed E-state index contributed by atoms with van der Waals surface area (Å²) in [6.45, 7) is 6.94. The molecular formula is C15H31Cl2N3O. The van der Waals surface area contributed by atoms with E-state index in [1.807, 2.05) is 0 Å². The van der Waals surface area contributed by atoms with E-state index in [1.54, 1.807) is 0 Å². The summed E-state index contributed by atoms with van der Waals surface area (Å²) in [4.78, 5) is 15.1. The molecular weight excluding hydrogens is 309 g/mol. The van der Waals surface area contributed by atoms with Gasteiger partial charge in [0.2, 0.25) is 5.91 Å². The molecule has 6 heteroatoms. The van der Waals surface area contributed by atoms with Gasteiger partial charge in [-0.3, -0.25) is 9.69 Å². The molecule has 0 aliphatic carbocycles. The summed E-state index contributed by atoms with van der Waals surface area (Å²) in [6.07, 6.45) is 6.61. The monoisotopic (exact) mass is 339 g/mol. The minimum atomic E-state index is -0.359. The maximum absolute atomic E-state index is 12.6. The largest absolute Gasteiger partial charge is 0.351 e. The molecule has 2 aliphatic heterocycles. The summed E-state index contributed by atoms with van der Waals surface area (Å²) in [7, 11) is 0. The third kappa shape index (κ3) is 4.25. The third-order valence-corrected chi connectivity index (χ3v) is 5.40. The topological polar surface area (TPSA) is 58.4 Å². The van der Waals surface area contributed by atoms with E-state index >= 15 is 0 Å². The summed E-state index contributed by atoms with van der Waals surface area (Å²) in [5.74, 6) is 0.178. The molecule has 0 aromatic carbocycles. The van der Waals surface area contributed by atoms with Crippen LogP contribution >= 0.6 is 24.8 Å². The van der Waals surface area contributed by atoms with E-state index in [0.29, 0.717) is 18.6 Å². The maximum Gasteiger partial charge on any atom is 0.227 e. The quantitative estimate of drug-likeness (QED) is 0.808. The van der Waals surface area contributed by atoms with Crippen molar-refractivity contribution in [3.63, 3.8) is 0 Å². The highest BCUT2D eigenvalue weighted by Crippen LogP contribution is 2.30. The van der Waals surface area contributed by atoms with E-state index in [-0.39, 0.29) is 36.1 Å². The third-order valence-electron chi connectivity index (χ3n) is 5.40. The summed E-state index contributed by atoms with van der Waals surface area (Å²) in [5, 5.41) is 3.31. The van der Waals surface area contributed by atoms with Crippen LogP contribution in [0.15, 0.2) is 0 Å². The van der Waals surface area contributed by atoms with Gasteiger partial charge < -0.3 is 11.1 Å². The van der Waals surface area contributed by atoms with Gasteiger partial charge in [-0.1, -0.05) is 20.3 Å². The van der Waals surface area contributed by atoms with Crippen LogP contribution in [-0.2, 0) is 4.79 Å². The second kappa shape index (κ2) is 9.19. The van der Waals surface area contributed by atoms with Crippen molar-refractivity contribution < 1.29 is 4.79 Å². The van der Waals surface area contributed by atoms with Crippen LogP contribution in [0, 0.1) is 5.41 Å². The van der Waals surface area contributed by atoms with Crippen molar-refractivity contribution in [2.45, 2.75) is 64.5 Å². The predicted octanol–water partition coefficient (Wildman–Crippen LogP) is 2.34. The lowest BCUT2D eigenvalue weighted by molar-refractivity contribution is -0.132. The number of rotatable bonds is 5. The van der Waals surface area contributed by atoms with Crippen LogP contribution in [0.4, 0.5) is 0 Å². The molecule has 4 nitrogen and oxygen atoms in total. The number of carbonyl (C=O) groups excluding carboxylic acids is 1. The van der Waals surface area contributed by atoms with Crippen LogP contribution in [0.2, 0.25) is 0 Å². The van der Waals surface area contributed by atoms with Gasteiger partial charge in [-0.15, -0.1) is 24.8 Å². The first-order chi connectivity index (χ1) is 9.16. The molecule has 2 heterocycles. The van der Waals surface area contributed by atoms with Crippen LogP contribution in [0.1, 0.15) is 52.4 Å². The summed E-state index contributed by atoms with van der Waals surface area (Å²) in [5.41, 5.74) is 5.51. The fourth-order valence-electron chi connectivity index (χ4n) is 3.69. The lowest BCUT2D eigenvalue weighted by Gasteiger charge is -2.35. The van der Waals surface area contributed by atoms with Gasteiger partial charge in [0.25, 0.3) is 0 Å². The highest BCUT2D eigenvalue weighted by molar-refractivity contribution is 5.85. The molecule has 3 N–H and O–H groups in total. The van der Waals surface area contributed by atoms with E-state index in [4.69, 9.17) is 5.73 Å². The zero-order chi connectivity index (χ0) is 13.9. The lowest BCUT2D eigenvalue weighted by Crippen LogP contribution is -2.53. The molecule has 2 rings (SSSR count). The van der Waals surface area contributed by atoms with Gasteiger partial charge in [-0.05, 0) is 38.6 Å². The van der Waals surface area contributed by atoms with Gasteiger partial charge in [0, 0.05) is 25.2 Å². The number of hydrogen-bond acceptors (Lipinski definition) is 3. The summed E-state index contributed by atoms with van der Waals surface area (Å²) < 4.78 is 0. The Morgan fingerprint density at radius 3 is 2.43 bits per heavy atom. The molecule has 0 aromatic rings. The van der Waals surface area contributed by atoms with Gasteiger partial charge in [-0.25, -0.2) is 0 Å². The Bertz CT molecular complexity index is 316. The molecule has 1 amide bonds. The van der Waals surface area contributed by atoms with Crippen LogP contribution in [-0.4, -0.2) is 42.5 Å². The Balaban J connectivity index is 0.00000200. The average Bonchev–Trinajstić information content (AvgIpc) is 2.85. The van der Waals surface area contributed by atoms with E-state index < -0.39 is 0 Å². The van der Waals surface area contributed by atoms with Gasteiger partial charge >= 0.3 is 0 Å². The number of amides is 1. The van der Waals surface area contributed by atoms with Crippen LogP contribution in [0.25, 0.3) is 0 Å². The lowest BCUT2D eigenvalue weighted by atomic mass is 9.81. The first-order valence-corrected chi connectivity index (χ1v) is 7.92. The van der Waals surface area contributed by atoms with Crippen molar-refractivity contribution in [3.05, 3.63) is 0 Å². The van der Waals surface area contributed by atoms with Crippen LogP contribution in [0.3, 0.4) is 0 Å². The second-order valence-corrected chi connectivity index (χ2v) is 6.16. The smallest absolute Gasteiger partial charge is 0.227 e. The number of hydrogen-bond donors (Lipinski definition) is 2. The van der Waals surface area contributed by atoms with Crippen molar-refractivity contribution in [3.8, 4) is 0 Å². The Labute approximate surface area is 141 Å². The molecule has 2 unspecified atom stereocenters. The number of piperidine rings is 1. The first kappa shape index (κ1) is 21.0. The van der Waals surface area contributed by atoms with Crippen molar-refractivity contribution in [2.24, 2.45) is 11.1 Å². The molecule has 2 atom stereocenters. The standard InChI is InChI=1S/C15H29N3O.2ClH/c1-3-15(4-2,11-16)14(19)17-12-8-10-18-9-6-5-7-13(12)18;;/h12-13H,3-11,16H2,1-2H3,(H,17,19);2*1H. The maximum atomic E-state index is 12.6. The number of fused-ring (bicyclic) bond motifs is 1. The average molecular weight is 340 g/mol. The zero-order valence-electron chi connectivity index (χ0n) is 13.3. The molecule has 126 valence electrons. The molecule has 0 bridgehead atoms. The van der Waals surface area contributed by atoms with Crippen molar-refractivity contribution in [1.82, 2.24) is 10.2 Å². The fourth-order valence-corrected chi connectivity index (χ4v) is 3.69. The fraction of sp³-hybridized carbons (Fsp3) is 0.933. The predicted molar refractivity (Wildman–Crippen MR) is 92.3 cm³/mol. The Hall–Kier alpha value is -0.0300. The summed E-state index contributed by atoms with van der Waals surface area (Å²) >= 11 is 0. The normalized spacial score (nSPS) is 25.5. The highest BCUT2D eigenvalue weighted by Gasteiger charge is 2.40. The van der Waals surface area contributed by atoms with E-state index in [2.05, 4.69) is 24.1 Å². The molecule has 2 aliphatic rings. The van der Waals surface area contributed by atoms with Gasteiger partial charge in [-0.2, -0.15) is 0 Å². The van der Waals surface area contributed by atoms with Crippen LogP contribution in [0.5, 0.6) is 0 Å². The Morgan fingerprint density at radius 2 is 1.86 bits per heavy atom. The number of halogens is 2. The molecule has 21 heavy (non-hydrogen) atoms. The van der Waals surface area contributed by atoms with Crippen LogP contribution < -0.4 is 11.1 Å². The Kier molecular flexibility index (Phi) is 9.17. The minimum Gasteiger partial charge on any atom is -0.351 e. The number of nitrogens with zero attached hydrogens (tertiary/aromatic N) is 1. The van der Waals surface area contributed by atoms with E-state index in [1.165, 1.54) is 25.8 Å². The van der Waals surface area contributed by atoms with Crippen molar-refractivity contribution in [2.75, 3.05) is 19.6 Å². The van der Waals surface area contributed by atoms with E-state index in [9.17, 15) is 4.79 Å². The number of nitrogens with two attached hydrogens (primary N) is 1. The van der Waals surface area contributed by atoms with E-state index in [0.717, 1.165) is 25.8 Å². The second-order valence-electron chi connectivity index (χ2n) is 6.16. The SMILES string of the molecule is CCC(CC)(CN)C(=O)NC1CCN2CCCCC12.Cl.Cl. The first-order valence-electron chi connectivity index (χ1n) is 7.92. The van der Waals surface area contributed by atoms with Gasteiger partial charge in [0.05, 0.1) is 5.41 Å². The van der Waals surface area contributed by atoms with Gasteiger partial charge in [0.15, 0.2) is 0 Å². The molecule has 0 radical (unpaired) electrons. The van der Waals surface area contributed by atoms with Crippen molar-refractivity contribution in [1.29, 1.82) is 0 Å².